The molecule has 8 heteroatoms. The summed E-state index contributed by atoms with van der Waals surface area (Å²) in [4.78, 5) is 45.0. The highest BCUT2D eigenvalue weighted by molar-refractivity contribution is 5.97. The Morgan fingerprint density at radius 1 is 1.00 bits per heavy atom. The first-order valence-electron chi connectivity index (χ1n) is 11.5. The molecule has 3 aliphatic rings. The summed E-state index contributed by atoms with van der Waals surface area (Å²) in [6, 6.07) is 13.4. The van der Waals surface area contributed by atoms with Crippen LogP contribution in [0.15, 0.2) is 48.5 Å². The van der Waals surface area contributed by atoms with Gasteiger partial charge >= 0.3 is 0 Å². The molecule has 2 amide bonds. The first kappa shape index (κ1) is 20.0. The normalized spacial score (nSPS) is 23.2. The molecular weight excluding hydrogens is 420 g/mol. The highest BCUT2D eigenvalue weighted by Crippen LogP contribution is 2.43. The number of nitrogens with one attached hydrogen (secondary N) is 1. The molecule has 3 heterocycles. The van der Waals surface area contributed by atoms with Gasteiger partial charge in [0.1, 0.15) is 12.6 Å². The first-order chi connectivity index (χ1) is 16.0. The number of hydrogen-bond acceptors (Lipinski definition) is 4. The Labute approximate surface area is 190 Å². The van der Waals surface area contributed by atoms with Crippen LogP contribution in [-0.2, 0) is 16.0 Å². The number of rotatable bonds is 3. The Balaban J connectivity index is 1.49. The minimum absolute atomic E-state index is 0.00330. The third-order valence-electron chi connectivity index (χ3n) is 7.48. The number of nitro groups is 1. The van der Waals surface area contributed by atoms with Crippen molar-refractivity contribution >= 4 is 28.4 Å². The van der Waals surface area contributed by atoms with E-state index in [2.05, 4.69) is 4.98 Å². The Morgan fingerprint density at radius 3 is 2.45 bits per heavy atom. The number of fused-ring (bicyclic) bond motifs is 4. The average molecular weight is 444 g/mol. The molecular formula is C25H24N4O4. The summed E-state index contributed by atoms with van der Waals surface area (Å²) in [7, 11) is 0. The maximum absolute atomic E-state index is 13.7. The highest BCUT2D eigenvalue weighted by atomic mass is 16.6. The lowest BCUT2D eigenvalue weighted by Crippen LogP contribution is -2.64. The predicted molar refractivity (Wildman–Crippen MR) is 122 cm³/mol. The van der Waals surface area contributed by atoms with Gasteiger partial charge in [0.25, 0.3) is 5.69 Å². The second-order valence-corrected chi connectivity index (χ2v) is 9.24. The number of piperazine rings is 1. The van der Waals surface area contributed by atoms with Crippen molar-refractivity contribution in [2.45, 2.75) is 50.2 Å². The van der Waals surface area contributed by atoms with E-state index in [0.717, 1.165) is 53.4 Å². The molecule has 1 aliphatic carbocycles. The van der Waals surface area contributed by atoms with Gasteiger partial charge in [0, 0.05) is 41.2 Å². The van der Waals surface area contributed by atoms with E-state index < -0.39 is 17.0 Å². The van der Waals surface area contributed by atoms with Gasteiger partial charge in [-0.1, -0.05) is 31.0 Å². The van der Waals surface area contributed by atoms with E-state index in [1.807, 2.05) is 29.2 Å². The number of aromatic amines is 1. The molecule has 168 valence electrons. The Kier molecular flexibility index (Phi) is 4.50. The number of carbonyl (C=O) groups is 2. The molecule has 2 atom stereocenters. The summed E-state index contributed by atoms with van der Waals surface area (Å²) in [6.45, 7) is 0.0963. The van der Waals surface area contributed by atoms with Crippen molar-refractivity contribution in [3.63, 3.8) is 0 Å². The fraction of sp³-hybridized carbons (Fsp3) is 0.360. The molecule has 1 saturated heterocycles. The van der Waals surface area contributed by atoms with Gasteiger partial charge in [-0.2, -0.15) is 0 Å². The number of hydrogen-bond donors (Lipinski definition) is 1. The van der Waals surface area contributed by atoms with Gasteiger partial charge in [-0.3, -0.25) is 19.7 Å². The zero-order valence-electron chi connectivity index (χ0n) is 18.1. The van der Waals surface area contributed by atoms with Crippen LogP contribution in [0.3, 0.4) is 0 Å². The summed E-state index contributed by atoms with van der Waals surface area (Å²) >= 11 is 0. The van der Waals surface area contributed by atoms with E-state index >= 15 is 0 Å². The maximum atomic E-state index is 13.7. The minimum Gasteiger partial charge on any atom is -0.356 e. The van der Waals surface area contributed by atoms with Crippen LogP contribution in [0.1, 0.15) is 48.5 Å². The van der Waals surface area contributed by atoms with Crippen LogP contribution in [0.5, 0.6) is 0 Å². The van der Waals surface area contributed by atoms with Crippen molar-refractivity contribution in [2.75, 3.05) is 6.54 Å². The molecule has 0 spiro atoms. The summed E-state index contributed by atoms with van der Waals surface area (Å²) < 4.78 is 0. The largest absolute Gasteiger partial charge is 0.356 e. The summed E-state index contributed by atoms with van der Waals surface area (Å²) in [5.74, 6) is -0.0523. The molecule has 8 nitrogen and oxygen atoms in total. The maximum Gasteiger partial charge on any atom is 0.269 e. The van der Waals surface area contributed by atoms with E-state index in [0.29, 0.717) is 6.42 Å². The van der Waals surface area contributed by atoms with E-state index in [1.54, 1.807) is 17.0 Å². The zero-order valence-corrected chi connectivity index (χ0v) is 18.1. The smallest absolute Gasteiger partial charge is 0.269 e. The summed E-state index contributed by atoms with van der Waals surface area (Å²) in [5.41, 5.74) is 3.65. The molecule has 2 aliphatic heterocycles. The van der Waals surface area contributed by atoms with Crippen LogP contribution in [-0.4, -0.2) is 50.1 Å². The predicted octanol–water partition coefficient (Wildman–Crippen LogP) is 3.70. The zero-order chi connectivity index (χ0) is 22.7. The van der Waals surface area contributed by atoms with Crippen LogP contribution in [0.25, 0.3) is 10.9 Å². The van der Waals surface area contributed by atoms with Gasteiger partial charge in [-0.05, 0) is 42.2 Å². The second kappa shape index (κ2) is 7.43. The number of amides is 2. The van der Waals surface area contributed by atoms with Crippen LogP contribution in [0, 0.1) is 10.1 Å². The van der Waals surface area contributed by atoms with Gasteiger partial charge in [-0.15, -0.1) is 0 Å². The van der Waals surface area contributed by atoms with Crippen LogP contribution in [0.2, 0.25) is 0 Å². The van der Waals surface area contributed by atoms with Crippen molar-refractivity contribution in [3.05, 3.63) is 75.5 Å². The number of benzene rings is 2. The monoisotopic (exact) mass is 444 g/mol. The summed E-state index contributed by atoms with van der Waals surface area (Å²) in [5, 5.41) is 12.2. The molecule has 2 fully saturated rings. The molecule has 3 aromatic rings. The van der Waals surface area contributed by atoms with E-state index in [1.165, 1.54) is 12.1 Å². The molecule has 1 aromatic heterocycles. The molecule has 0 bridgehead atoms. The minimum atomic E-state index is -0.571. The van der Waals surface area contributed by atoms with E-state index in [9.17, 15) is 19.7 Å². The number of H-pyrrole nitrogens is 1. The van der Waals surface area contributed by atoms with E-state index in [-0.39, 0.29) is 30.1 Å². The van der Waals surface area contributed by atoms with Crippen molar-refractivity contribution in [3.8, 4) is 0 Å². The van der Waals surface area contributed by atoms with Crippen molar-refractivity contribution in [1.82, 2.24) is 14.8 Å². The SMILES string of the molecule is O=C1[C@@H]2Cc3c([nH]c4ccccc34)[C@@H](c3ccc([N+](=O)[O-])cc3)N2C(=O)CN1C1CCCC1. The molecule has 6 rings (SSSR count). The number of carbonyl (C=O) groups excluding carboxylic acids is 2. The third kappa shape index (κ3) is 3.04. The Bertz CT molecular complexity index is 1280. The van der Waals surface area contributed by atoms with Crippen LogP contribution in [0.4, 0.5) is 5.69 Å². The Morgan fingerprint density at radius 2 is 1.73 bits per heavy atom. The number of para-hydroxylation sites is 1. The van der Waals surface area contributed by atoms with Crippen molar-refractivity contribution in [2.24, 2.45) is 0 Å². The molecule has 0 radical (unpaired) electrons. The first-order valence-corrected chi connectivity index (χ1v) is 11.5. The number of nitrogens with zero attached hydrogens (tertiary/aromatic N) is 3. The number of non-ortho nitro benzene ring substituents is 1. The standard InChI is InChI=1S/C25H24N4O4/c30-22-14-27(16-5-1-2-6-16)25(31)21-13-19-18-7-3-4-8-20(18)26-23(19)24(28(21)22)15-9-11-17(12-10-15)29(32)33/h3-4,7-12,16,21,24,26H,1-2,5-6,13-14H2/t21-,24+/m0/s1. The fourth-order valence-electron chi connectivity index (χ4n) is 5.94. The quantitative estimate of drug-likeness (QED) is 0.492. The van der Waals surface area contributed by atoms with Gasteiger partial charge in [0.2, 0.25) is 11.8 Å². The van der Waals surface area contributed by atoms with Crippen molar-refractivity contribution < 1.29 is 14.5 Å². The lowest BCUT2D eigenvalue weighted by Gasteiger charge is -2.48. The topological polar surface area (TPSA) is 99.5 Å². The fourth-order valence-corrected chi connectivity index (χ4v) is 5.94. The highest BCUT2D eigenvalue weighted by Gasteiger charge is 2.49. The second-order valence-electron chi connectivity index (χ2n) is 9.24. The Hall–Kier alpha value is -3.68. The van der Waals surface area contributed by atoms with Crippen LogP contribution < -0.4 is 0 Å². The van der Waals surface area contributed by atoms with Gasteiger partial charge in [0.05, 0.1) is 11.0 Å². The van der Waals surface area contributed by atoms with Gasteiger partial charge < -0.3 is 14.8 Å². The summed E-state index contributed by atoms with van der Waals surface area (Å²) in [6.07, 6.45) is 4.56. The lowest BCUT2D eigenvalue weighted by atomic mass is 9.86. The average Bonchev–Trinajstić information content (AvgIpc) is 3.48. The molecule has 1 saturated carbocycles. The third-order valence-corrected chi connectivity index (χ3v) is 7.48. The number of aromatic nitrogens is 1. The molecule has 1 N–H and O–H groups in total. The molecule has 0 unspecified atom stereocenters. The van der Waals surface area contributed by atoms with E-state index in [4.69, 9.17) is 0 Å². The number of nitro benzene ring substituents is 1. The van der Waals surface area contributed by atoms with Gasteiger partial charge in [-0.25, -0.2) is 0 Å². The molecule has 2 aromatic carbocycles. The molecule has 33 heavy (non-hydrogen) atoms. The van der Waals surface area contributed by atoms with Gasteiger partial charge in [0.15, 0.2) is 0 Å². The van der Waals surface area contributed by atoms with Crippen LogP contribution >= 0.6 is 0 Å². The lowest BCUT2D eigenvalue weighted by molar-refractivity contribution is -0.384. The van der Waals surface area contributed by atoms with Crippen molar-refractivity contribution in [1.29, 1.82) is 0 Å².